The van der Waals surface area contributed by atoms with Crippen molar-refractivity contribution in [3.05, 3.63) is 29.3 Å². The van der Waals surface area contributed by atoms with E-state index in [1.165, 1.54) is 12.1 Å². The number of benzene rings is 1. The van der Waals surface area contributed by atoms with E-state index in [4.69, 9.17) is 10.5 Å². The average molecular weight is 242 g/mol. The highest BCUT2D eigenvalue weighted by molar-refractivity contribution is 5.89. The first-order chi connectivity index (χ1) is 8.65. The predicted octanol–water partition coefficient (Wildman–Crippen LogP) is 2.30. The Balaban J connectivity index is 2.91. The lowest BCUT2D eigenvalue weighted by molar-refractivity contribution is 0.217. The number of rotatable bonds is 3. The summed E-state index contributed by atoms with van der Waals surface area (Å²) in [5.41, 5.74) is 1.08. The number of hydrogen-bond acceptors (Lipinski definition) is 3. The topological polar surface area (TPSA) is 79.9 Å². The molecule has 0 saturated heterocycles. The molecule has 0 aliphatic carbocycles. The van der Waals surface area contributed by atoms with Gasteiger partial charge < -0.3 is 10.2 Å². The highest BCUT2D eigenvalue weighted by Gasteiger charge is 2.10. The van der Waals surface area contributed by atoms with Crippen LogP contribution in [0.15, 0.2) is 18.2 Å². The molecule has 5 heteroatoms. The fourth-order valence-electron chi connectivity index (χ4n) is 1.53. The largest absolute Gasteiger partial charge is 0.325 e. The Morgan fingerprint density at radius 3 is 2.33 bits per heavy atom. The third-order valence-corrected chi connectivity index (χ3v) is 2.56. The summed E-state index contributed by atoms with van der Waals surface area (Å²) in [6.07, 6.45) is 0. The van der Waals surface area contributed by atoms with Crippen LogP contribution in [0.3, 0.4) is 0 Å². The Morgan fingerprint density at radius 2 is 1.83 bits per heavy atom. The molecule has 92 valence electrons. The number of hydrogen-bond donors (Lipinski definition) is 1. The van der Waals surface area contributed by atoms with Crippen molar-refractivity contribution < 1.29 is 4.79 Å². The zero-order valence-corrected chi connectivity index (χ0v) is 10.4. The molecule has 0 radical (unpaired) electrons. The zero-order valence-electron chi connectivity index (χ0n) is 10.4. The first-order valence-corrected chi connectivity index (χ1v) is 5.66. The summed E-state index contributed by atoms with van der Waals surface area (Å²) in [6.45, 7) is 5.01. The Hall–Kier alpha value is -2.53. The fourth-order valence-corrected chi connectivity index (χ4v) is 1.53. The van der Waals surface area contributed by atoms with Gasteiger partial charge in [0.25, 0.3) is 0 Å². The predicted molar refractivity (Wildman–Crippen MR) is 67.8 cm³/mol. The highest BCUT2D eigenvalue weighted by Crippen LogP contribution is 2.15. The van der Waals surface area contributed by atoms with Crippen molar-refractivity contribution in [2.24, 2.45) is 0 Å². The summed E-state index contributed by atoms with van der Waals surface area (Å²) < 4.78 is 0. The van der Waals surface area contributed by atoms with Crippen molar-refractivity contribution in [1.29, 1.82) is 10.5 Å². The zero-order chi connectivity index (χ0) is 13.5. The Bertz CT molecular complexity index is 521. The molecule has 0 atom stereocenters. The normalized spacial score (nSPS) is 9.11. The third-order valence-electron chi connectivity index (χ3n) is 2.56. The van der Waals surface area contributed by atoms with Gasteiger partial charge in [-0.2, -0.15) is 10.5 Å². The molecule has 0 aliphatic rings. The average Bonchev–Trinajstić information content (AvgIpc) is 2.40. The smallest absolute Gasteiger partial charge is 0.321 e. The van der Waals surface area contributed by atoms with E-state index in [0.29, 0.717) is 24.3 Å². The number of nitrogens with one attached hydrogen (secondary N) is 1. The number of amides is 2. The van der Waals surface area contributed by atoms with E-state index in [-0.39, 0.29) is 11.6 Å². The number of carbonyl (C=O) groups excluding carboxylic acids is 1. The van der Waals surface area contributed by atoms with Crippen LogP contribution in [-0.2, 0) is 0 Å². The van der Waals surface area contributed by atoms with Crippen molar-refractivity contribution in [2.45, 2.75) is 13.8 Å². The Kier molecular flexibility index (Phi) is 4.71. The van der Waals surface area contributed by atoms with E-state index in [1.54, 1.807) is 11.0 Å². The van der Waals surface area contributed by atoms with Crippen LogP contribution in [-0.4, -0.2) is 24.0 Å². The molecule has 1 N–H and O–H groups in total. The van der Waals surface area contributed by atoms with E-state index >= 15 is 0 Å². The maximum absolute atomic E-state index is 11.8. The van der Waals surface area contributed by atoms with Gasteiger partial charge in [-0.1, -0.05) is 0 Å². The summed E-state index contributed by atoms with van der Waals surface area (Å²) in [7, 11) is 0. The number of nitrogens with zero attached hydrogens (tertiary/aromatic N) is 3. The first-order valence-electron chi connectivity index (χ1n) is 5.66. The van der Waals surface area contributed by atoms with Crippen LogP contribution >= 0.6 is 0 Å². The molecule has 0 unspecified atom stereocenters. The van der Waals surface area contributed by atoms with Crippen LogP contribution < -0.4 is 5.32 Å². The molecular weight excluding hydrogens is 228 g/mol. The molecule has 0 aromatic heterocycles. The van der Waals surface area contributed by atoms with Crippen LogP contribution in [0, 0.1) is 22.7 Å². The number of urea groups is 1. The first kappa shape index (κ1) is 13.5. The summed E-state index contributed by atoms with van der Waals surface area (Å²) in [6, 6.07) is 8.28. The maximum Gasteiger partial charge on any atom is 0.321 e. The summed E-state index contributed by atoms with van der Waals surface area (Å²) in [5.74, 6) is 0. The van der Waals surface area contributed by atoms with Gasteiger partial charge in [0.15, 0.2) is 0 Å². The maximum atomic E-state index is 11.8. The highest BCUT2D eigenvalue weighted by atomic mass is 16.2. The number of nitriles is 2. The monoisotopic (exact) mass is 242 g/mol. The van der Waals surface area contributed by atoms with Crippen molar-refractivity contribution in [3.63, 3.8) is 0 Å². The number of anilines is 1. The lowest BCUT2D eigenvalue weighted by atomic mass is 10.1. The van der Waals surface area contributed by atoms with Crippen LogP contribution in [0.5, 0.6) is 0 Å². The number of carbonyl (C=O) groups is 1. The van der Waals surface area contributed by atoms with Gasteiger partial charge in [-0.05, 0) is 32.0 Å². The van der Waals surface area contributed by atoms with Gasteiger partial charge in [0.1, 0.15) is 12.1 Å². The molecule has 1 rings (SSSR count). The van der Waals surface area contributed by atoms with Gasteiger partial charge in [0.05, 0.1) is 11.1 Å². The van der Waals surface area contributed by atoms with Crippen LogP contribution in [0.1, 0.15) is 25.0 Å². The summed E-state index contributed by atoms with van der Waals surface area (Å²) in [4.78, 5) is 13.4. The van der Waals surface area contributed by atoms with Crippen molar-refractivity contribution in [1.82, 2.24) is 4.90 Å². The van der Waals surface area contributed by atoms with Crippen molar-refractivity contribution in [2.75, 3.05) is 18.4 Å². The lowest BCUT2D eigenvalue weighted by Crippen LogP contribution is -2.34. The van der Waals surface area contributed by atoms with E-state index in [0.717, 1.165) is 0 Å². The minimum absolute atomic E-state index is 0.214. The molecule has 0 aliphatic heterocycles. The molecule has 1 aromatic rings. The van der Waals surface area contributed by atoms with Crippen molar-refractivity contribution >= 4 is 11.7 Å². The minimum Gasteiger partial charge on any atom is -0.325 e. The molecule has 1 aromatic carbocycles. The molecule has 0 spiro atoms. The second-order valence-electron chi connectivity index (χ2n) is 3.59. The molecule has 2 amide bonds. The standard InChI is InChI=1S/C13H14N4O/c1-3-17(4-2)13(18)16-12-6-5-10(8-14)11(7-12)9-15/h5-7H,3-4H2,1-2H3,(H,16,18). The SMILES string of the molecule is CCN(CC)C(=O)Nc1ccc(C#N)c(C#N)c1. The van der Waals surface area contributed by atoms with Crippen LogP contribution in [0.25, 0.3) is 0 Å². The second kappa shape index (κ2) is 6.27. The minimum atomic E-state index is -0.214. The van der Waals surface area contributed by atoms with Gasteiger partial charge in [-0.25, -0.2) is 4.79 Å². The third kappa shape index (κ3) is 2.99. The quantitative estimate of drug-likeness (QED) is 0.883. The van der Waals surface area contributed by atoms with Gasteiger partial charge in [-0.3, -0.25) is 0 Å². The molecule has 0 saturated carbocycles. The molecule has 5 nitrogen and oxygen atoms in total. The lowest BCUT2D eigenvalue weighted by Gasteiger charge is -2.19. The molecule has 0 heterocycles. The molecular formula is C13H14N4O. The van der Waals surface area contributed by atoms with E-state index in [2.05, 4.69) is 5.32 Å². The molecule has 0 fully saturated rings. The summed E-state index contributed by atoms with van der Waals surface area (Å²) >= 11 is 0. The molecule has 0 bridgehead atoms. The van der Waals surface area contributed by atoms with E-state index < -0.39 is 0 Å². The van der Waals surface area contributed by atoms with Gasteiger partial charge in [0.2, 0.25) is 0 Å². The van der Waals surface area contributed by atoms with Gasteiger partial charge in [0, 0.05) is 18.8 Å². The Labute approximate surface area is 106 Å². The van der Waals surface area contributed by atoms with E-state index in [1.807, 2.05) is 26.0 Å². The van der Waals surface area contributed by atoms with Crippen LogP contribution in [0.4, 0.5) is 10.5 Å². The Morgan fingerprint density at radius 1 is 1.22 bits per heavy atom. The van der Waals surface area contributed by atoms with E-state index in [9.17, 15) is 4.79 Å². The fraction of sp³-hybridized carbons (Fsp3) is 0.308. The van der Waals surface area contributed by atoms with Gasteiger partial charge in [-0.15, -0.1) is 0 Å². The second-order valence-corrected chi connectivity index (χ2v) is 3.59. The van der Waals surface area contributed by atoms with Crippen molar-refractivity contribution in [3.8, 4) is 12.1 Å². The van der Waals surface area contributed by atoms with Gasteiger partial charge >= 0.3 is 6.03 Å². The van der Waals surface area contributed by atoms with Crippen LogP contribution in [0.2, 0.25) is 0 Å². The molecule has 18 heavy (non-hydrogen) atoms. The summed E-state index contributed by atoms with van der Waals surface area (Å²) in [5, 5.41) is 20.4.